The second-order valence-corrected chi connectivity index (χ2v) is 4.83. The standard InChI is InChI=1S/C12H14BrF3N2O/c13-10-8(4-3-5-9(10)17)11(19)18-7-2-1-6-12(14,15)16/h3-5H,1-2,6-7,17H2,(H,18,19). The Labute approximate surface area is 117 Å². The van der Waals surface area contributed by atoms with Gasteiger partial charge in [0.15, 0.2) is 0 Å². The molecule has 0 saturated heterocycles. The summed E-state index contributed by atoms with van der Waals surface area (Å²) in [5, 5.41) is 2.56. The van der Waals surface area contributed by atoms with Crippen LogP contribution in [0.1, 0.15) is 29.6 Å². The van der Waals surface area contributed by atoms with E-state index >= 15 is 0 Å². The number of nitrogens with one attached hydrogen (secondary N) is 1. The summed E-state index contributed by atoms with van der Waals surface area (Å²) in [5.41, 5.74) is 6.44. The summed E-state index contributed by atoms with van der Waals surface area (Å²) >= 11 is 3.19. The van der Waals surface area contributed by atoms with Gasteiger partial charge in [0.25, 0.3) is 5.91 Å². The molecule has 0 aliphatic rings. The lowest BCUT2D eigenvalue weighted by Gasteiger charge is -2.09. The van der Waals surface area contributed by atoms with Crippen molar-refractivity contribution in [1.82, 2.24) is 5.32 Å². The zero-order valence-corrected chi connectivity index (χ0v) is 11.6. The van der Waals surface area contributed by atoms with E-state index in [-0.39, 0.29) is 25.3 Å². The summed E-state index contributed by atoms with van der Waals surface area (Å²) in [5.74, 6) is -0.355. The average molecular weight is 339 g/mol. The van der Waals surface area contributed by atoms with E-state index in [0.717, 1.165) is 0 Å². The predicted molar refractivity (Wildman–Crippen MR) is 70.8 cm³/mol. The number of alkyl halides is 3. The van der Waals surface area contributed by atoms with Crippen LogP contribution in [0.5, 0.6) is 0 Å². The van der Waals surface area contributed by atoms with E-state index < -0.39 is 12.6 Å². The van der Waals surface area contributed by atoms with Crippen LogP contribution in [0.4, 0.5) is 18.9 Å². The van der Waals surface area contributed by atoms with E-state index in [9.17, 15) is 18.0 Å². The monoisotopic (exact) mass is 338 g/mol. The molecule has 0 aliphatic carbocycles. The second-order valence-electron chi connectivity index (χ2n) is 4.04. The van der Waals surface area contributed by atoms with Gasteiger partial charge in [-0.15, -0.1) is 0 Å². The molecule has 1 aromatic rings. The maximum Gasteiger partial charge on any atom is 0.389 e. The molecular weight excluding hydrogens is 325 g/mol. The van der Waals surface area contributed by atoms with Crippen LogP contribution < -0.4 is 11.1 Å². The van der Waals surface area contributed by atoms with Gasteiger partial charge in [0, 0.05) is 18.7 Å². The Bertz CT molecular complexity index is 449. The van der Waals surface area contributed by atoms with Gasteiger partial charge in [0.2, 0.25) is 0 Å². The number of benzene rings is 1. The van der Waals surface area contributed by atoms with Gasteiger partial charge in [-0.2, -0.15) is 13.2 Å². The molecule has 0 aliphatic heterocycles. The molecule has 0 bridgehead atoms. The van der Waals surface area contributed by atoms with E-state index in [4.69, 9.17) is 5.73 Å². The highest BCUT2D eigenvalue weighted by molar-refractivity contribution is 9.10. The van der Waals surface area contributed by atoms with Crippen LogP contribution in [-0.4, -0.2) is 18.6 Å². The first-order valence-corrected chi connectivity index (χ1v) is 6.49. The van der Waals surface area contributed by atoms with Gasteiger partial charge >= 0.3 is 6.18 Å². The smallest absolute Gasteiger partial charge is 0.389 e. The predicted octanol–water partition coefficient (Wildman–Crippen LogP) is 3.49. The Morgan fingerprint density at radius 1 is 1.32 bits per heavy atom. The molecule has 1 amide bonds. The van der Waals surface area contributed by atoms with Gasteiger partial charge in [0.1, 0.15) is 0 Å². The summed E-state index contributed by atoms with van der Waals surface area (Å²) in [7, 11) is 0. The SMILES string of the molecule is Nc1cccc(C(=O)NCCCCC(F)(F)F)c1Br. The van der Waals surface area contributed by atoms with Crippen LogP contribution in [0.15, 0.2) is 22.7 Å². The Hall–Kier alpha value is -1.24. The van der Waals surface area contributed by atoms with Gasteiger partial charge in [-0.3, -0.25) is 4.79 Å². The minimum atomic E-state index is -4.14. The molecule has 0 unspecified atom stereocenters. The quantitative estimate of drug-likeness (QED) is 0.637. The van der Waals surface area contributed by atoms with Crippen molar-refractivity contribution < 1.29 is 18.0 Å². The fraction of sp³-hybridized carbons (Fsp3) is 0.417. The molecule has 0 atom stereocenters. The molecule has 0 heterocycles. The molecular formula is C12H14BrF3N2O. The second kappa shape index (κ2) is 6.79. The van der Waals surface area contributed by atoms with Crippen molar-refractivity contribution in [3.8, 4) is 0 Å². The number of anilines is 1. The molecule has 7 heteroatoms. The molecule has 19 heavy (non-hydrogen) atoms. The number of hydrogen-bond acceptors (Lipinski definition) is 2. The van der Waals surface area contributed by atoms with Gasteiger partial charge in [0.05, 0.1) is 10.0 Å². The van der Waals surface area contributed by atoms with Crippen molar-refractivity contribution in [2.45, 2.75) is 25.4 Å². The number of amides is 1. The van der Waals surface area contributed by atoms with E-state index in [1.807, 2.05) is 0 Å². The van der Waals surface area contributed by atoms with Gasteiger partial charge in [-0.25, -0.2) is 0 Å². The molecule has 0 saturated carbocycles. The number of carbonyl (C=O) groups is 1. The third kappa shape index (κ3) is 5.50. The van der Waals surface area contributed by atoms with Crippen LogP contribution in [0, 0.1) is 0 Å². The van der Waals surface area contributed by atoms with Crippen molar-refractivity contribution in [3.63, 3.8) is 0 Å². The third-order valence-corrected chi connectivity index (χ3v) is 3.33. The van der Waals surface area contributed by atoms with Crippen LogP contribution >= 0.6 is 15.9 Å². The van der Waals surface area contributed by atoms with Crippen molar-refractivity contribution >= 4 is 27.5 Å². The highest BCUT2D eigenvalue weighted by atomic mass is 79.9. The third-order valence-electron chi connectivity index (χ3n) is 2.45. The fourth-order valence-electron chi connectivity index (χ4n) is 1.47. The minimum Gasteiger partial charge on any atom is -0.398 e. The van der Waals surface area contributed by atoms with Crippen LogP contribution in [0.25, 0.3) is 0 Å². The van der Waals surface area contributed by atoms with E-state index in [0.29, 0.717) is 15.7 Å². The number of nitrogen functional groups attached to an aromatic ring is 1. The lowest BCUT2D eigenvalue weighted by Crippen LogP contribution is -2.25. The summed E-state index contributed by atoms with van der Waals surface area (Å²) in [6.07, 6.45) is -4.68. The number of halogens is 4. The highest BCUT2D eigenvalue weighted by Crippen LogP contribution is 2.24. The molecule has 1 rings (SSSR count). The average Bonchev–Trinajstić information content (AvgIpc) is 2.30. The fourth-order valence-corrected chi connectivity index (χ4v) is 1.92. The zero-order chi connectivity index (χ0) is 14.5. The number of carbonyl (C=O) groups excluding carboxylic acids is 1. The van der Waals surface area contributed by atoms with Crippen LogP contribution in [-0.2, 0) is 0 Å². The number of hydrogen-bond donors (Lipinski definition) is 2. The zero-order valence-electron chi connectivity index (χ0n) is 10.1. The summed E-state index contributed by atoms with van der Waals surface area (Å²) in [4.78, 5) is 11.8. The Kier molecular flexibility index (Phi) is 5.65. The van der Waals surface area contributed by atoms with E-state index in [1.165, 1.54) is 0 Å². The number of rotatable bonds is 5. The molecule has 3 nitrogen and oxygen atoms in total. The first kappa shape index (κ1) is 15.8. The van der Waals surface area contributed by atoms with Gasteiger partial charge in [-0.1, -0.05) is 6.07 Å². The van der Waals surface area contributed by atoms with E-state index in [1.54, 1.807) is 18.2 Å². The topological polar surface area (TPSA) is 55.1 Å². The van der Waals surface area contributed by atoms with Crippen molar-refractivity contribution in [3.05, 3.63) is 28.2 Å². The largest absolute Gasteiger partial charge is 0.398 e. The van der Waals surface area contributed by atoms with Crippen molar-refractivity contribution in [1.29, 1.82) is 0 Å². The normalized spacial score (nSPS) is 11.4. The molecule has 0 spiro atoms. The summed E-state index contributed by atoms with van der Waals surface area (Å²) < 4.78 is 36.2. The number of unbranched alkanes of at least 4 members (excludes halogenated alkanes) is 1. The summed E-state index contributed by atoms with van der Waals surface area (Å²) in [6.45, 7) is 0.205. The number of nitrogens with two attached hydrogens (primary N) is 1. The first-order valence-electron chi connectivity index (χ1n) is 5.70. The lowest BCUT2D eigenvalue weighted by molar-refractivity contribution is -0.135. The molecule has 1 aromatic carbocycles. The Morgan fingerprint density at radius 2 is 2.00 bits per heavy atom. The highest BCUT2D eigenvalue weighted by Gasteiger charge is 2.25. The van der Waals surface area contributed by atoms with Crippen LogP contribution in [0.2, 0.25) is 0 Å². The Morgan fingerprint density at radius 3 is 2.63 bits per heavy atom. The van der Waals surface area contributed by atoms with Crippen molar-refractivity contribution in [2.24, 2.45) is 0 Å². The molecule has 0 radical (unpaired) electrons. The van der Waals surface area contributed by atoms with Gasteiger partial charge in [-0.05, 0) is 40.9 Å². The molecule has 0 fully saturated rings. The molecule has 3 N–H and O–H groups in total. The lowest BCUT2D eigenvalue weighted by atomic mass is 10.2. The van der Waals surface area contributed by atoms with Crippen LogP contribution in [0.3, 0.4) is 0 Å². The molecule has 106 valence electrons. The first-order chi connectivity index (χ1) is 8.81. The maximum absolute atomic E-state index is 11.9. The maximum atomic E-state index is 11.9. The van der Waals surface area contributed by atoms with Gasteiger partial charge < -0.3 is 11.1 Å². The van der Waals surface area contributed by atoms with E-state index in [2.05, 4.69) is 21.2 Å². The minimum absolute atomic E-state index is 0.00186. The summed E-state index contributed by atoms with van der Waals surface area (Å²) in [6, 6.07) is 4.87. The molecule has 0 aromatic heterocycles. The van der Waals surface area contributed by atoms with Crippen molar-refractivity contribution in [2.75, 3.05) is 12.3 Å². The Balaban J connectivity index is 2.38.